The number of amides is 1. The number of benzene rings is 2. The molecular formula is C19H19F2N3OS. The number of imidazole rings is 1. The number of para-hydroxylation sites is 3. The SMILES string of the molecule is CC(C)c1ccccc1NC(=O)Cn1c(SC(F)F)nc2ccccc21. The molecule has 0 aliphatic heterocycles. The molecule has 0 saturated carbocycles. The molecule has 0 spiro atoms. The number of aromatic nitrogens is 2. The molecule has 0 atom stereocenters. The Morgan fingerprint density at radius 3 is 2.58 bits per heavy atom. The summed E-state index contributed by atoms with van der Waals surface area (Å²) in [4.78, 5) is 16.8. The topological polar surface area (TPSA) is 46.9 Å². The van der Waals surface area contributed by atoms with Gasteiger partial charge in [-0.3, -0.25) is 4.79 Å². The maximum atomic E-state index is 12.9. The van der Waals surface area contributed by atoms with Crippen LogP contribution < -0.4 is 5.32 Å². The van der Waals surface area contributed by atoms with Gasteiger partial charge in [-0.2, -0.15) is 8.78 Å². The molecule has 0 radical (unpaired) electrons. The first-order chi connectivity index (χ1) is 12.5. The van der Waals surface area contributed by atoms with E-state index in [4.69, 9.17) is 0 Å². The van der Waals surface area contributed by atoms with Crippen LogP contribution in [0, 0.1) is 0 Å². The Balaban J connectivity index is 1.88. The minimum atomic E-state index is -2.60. The van der Waals surface area contributed by atoms with Crippen LogP contribution in [0.25, 0.3) is 11.0 Å². The first-order valence-electron chi connectivity index (χ1n) is 8.24. The number of halogens is 2. The highest BCUT2D eigenvalue weighted by Gasteiger charge is 2.18. The van der Waals surface area contributed by atoms with Gasteiger partial charge in [-0.15, -0.1) is 0 Å². The van der Waals surface area contributed by atoms with Crippen LogP contribution in [-0.4, -0.2) is 21.2 Å². The molecular weight excluding hydrogens is 356 g/mol. The van der Waals surface area contributed by atoms with Gasteiger partial charge < -0.3 is 9.88 Å². The highest BCUT2D eigenvalue weighted by atomic mass is 32.2. The van der Waals surface area contributed by atoms with Gasteiger partial charge in [0.2, 0.25) is 5.91 Å². The van der Waals surface area contributed by atoms with Crippen molar-refractivity contribution in [2.75, 3.05) is 5.32 Å². The van der Waals surface area contributed by atoms with Crippen molar-refractivity contribution in [2.45, 2.75) is 37.2 Å². The monoisotopic (exact) mass is 375 g/mol. The van der Waals surface area contributed by atoms with Crippen LogP contribution in [0.5, 0.6) is 0 Å². The Bertz CT molecular complexity index is 924. The van der Waals surface area contributed by atoms with Gasteiger partial charge >= 0.3 is 0 Å². The van der Waals surface area contributed by atoms with Crippen molar-refractivity contribution >= 4 is 34.4 Å². The molecule has 7 heteroatoms. The molecule has 0 unspecified atom stereocenters. The molecule has 3 aromatic rings. The Morgan fingerprint density at radius 1 is 1.15 bits per heavy atom. The van der Waals surface area contributed by atoms with E-state index in [0.29, 0.717) is 22.8 Å². The molecule has 2 aromatic carbocycles. The van der Waals surface area contributed by atoms with E-state index in [9.17, 15) is 13.6 Å². The summed E-state index contributed by atoms with van der Waals surface area (Å²) in [6.07, 6.45) is 0. The number of carbonyl (C=O) groups is 1. The molecule has 0 aliphatic carbocycles. The molecule has 26 heavy (non-hydrogen) atoms. The van der Waals surface area contributed by atoms with E-state index >= 15 is 0 Å². The maximum Gasteiger partial charge on any atom is 0.291 e. The zero-order valence-corrected chi connectivity index (χ0v) is 15.3. The first kappa shape index (κ1) is 18.4. The third kappa shape index (κ3) is 4.04. The summed E-state index contributed by atoms with van der Waals surface area (Å²) >= 11 is 0.346. The second-order valence-corrected chi connectivity index (χ2v) is 7.10. The summed E-state index contributed by atoms with van der Waals surface area (Å²) in [5.74, 6) is -2.63. The van der Waals surface area contributed by atoms with Crippen LogP contribution in [0.4, 0.5) is 14.5 Å². The van der Waals surface area contributed by atoms with E-state index in [-0.39, 0.29) is 23.5 Å². The number of fused-ring (bicyclic) bond motifs is 1. The molecule has 0 saturated heterocycles. The standard InChI is InChI=1S/C19H19F2N3OS/c1-12(2)13-7-3-4-8-14(13)22-17(25)11-24-16-10-6-5-9-15(16)23-19(24)26-18(20)21/h3-10,12,18H,11H2,1-2H3,(H,22,25). The average Bonchev–Trinajstić information content (AvgIpc) is 2.92. The molecule has 0 bridgehead atoms. The van der Waals surface area contributed by atoms with Gasteiger partial charge in [0, 0.05) is 5.69 Å². The molecule has 4 nitrogen and oxygen atoms in total. The van der Waals surface area contributed by atoms with Crippen molar-refractivity contribution < 1.29 is 13.6 Å². The summed E-state index contributed by atoms with van der Waals surface area (Å²) in [5.41, 5.74) is 3.01. The van der Waals surface area contributed by atoms with Gasteiger partial charge in [-0.05, 0) is 41.4 Å². The molecule has 1 amide bonds. The number of hydrogen-bond acceptors (Lipinski definition) is 3. The predicted octanol–water partition coefficient (Wildman–Crippen LogP) is 5.11. The fraction of sp³-hybridized carbons (Fsp3) is 0.263. The van der Waals surface area contributed by atoms with Gasteiger partial charge in [-0.25, -0.2) is 4.98 Å². The van der Waals surface area contributed by atoms with E-state index in [1.165, 1.54) is 4.57 Å². The van der Waals surface area contributed by atoms with Gasteiger partial charge in [0.25, 0.3) is 5.76 Å². The van der Waals surface area contributed by atoms with E-state index < -0.39 is 5.76 Å². The fourth-order valence-electron chi connectivity index (χ4n) is 2.82. The fourth-order valence-corrected chi connectivity index (χ4v) is 3.42. The highest BCUT2D eigenvalue weighted by Crippen LogP contribution is 2.29. The summed E-state index contributed by atoms with van der Waals surface area (Å²) in [6, 6.07) is 14.7. The van der Waals surface area contributed by atoms with Crippen molar-refractivity contribution in [3.8, 4) is 0 Å². The normalized spacial score (nSPS) is 11.5. The van der Waals surface area contributed by atoms with Crippen molar-refractivity contribution in [2.24, 2.45) is 0 Å². The summed E-state index contributed by atoms with van der Waals surface area (Å²) < 4.78 is 27.3. The Morgan fingerprint density at radius 2 is 1.85 bits per heavy atom. The molecule has 136 valence electrons. The van der Waals surface area contributed by atoms with Crippen LogP contribution in [0.15, 0.2) is 53.7 Å². The number of alkyl halides is 2. The maximum absolute atomic E-state index is 12.9. The van der Waals surface area contributed by atoms with Crippen LogP contribution in [0.1, 0.15) is 25.3 Å². The van der Waals surface area contributed by atoms with Crippen LogP contribution in [-0.2, 0) is 11.3 Å². The number of nitrogens with zero attached hydrogens (tertiary/aromatic N) is 2. The van der Waals surface area contributed by atoms with E-state index in [0.717, 1.165) is 11.3 Å². The van der Waals surface area contributed by atoms with E-state index in [1.807, 2.05) is 38.1 Å². The lowest BCUT2D eigenvalue weighted by atomic mass is 10.0. The molecule has 0 aliphatic rings. The van der Waals surface area contributed by atoms with Crippen LogP contribution >= 0.6 is 11.8 Å². The van der Waals surface area contributed by atoms with Gasteiger partial charge in [0.15, 0.2) is 5.16 Å². The third-order valence-corrected chi connectivity index (χ3v) is 4.67. The largest absolute Gasteiger partial charge is 0.324 e. The lowest BCUT2D eigenvalue weighted by molar-refractivity contribution is -0.116. The summed E-state index contributed by atoms with van der Waals surface area (Å²) in [6.45, 7) is 4.01. The number of anilines is 1. The highest BCUT2D eigenvalue weighted by molar-refractivity contribution is 7.99. The first-order valence-corrected chi connectivity index (χ1v) is 9.12. The predicted molar refractivity (Wildman–Crippen MR) is 101 cm³/mol. The van der Waals surface area contributed by atoms with Crippen molar-refractivity contribution in [1.82, 2.24) is 9.55 Å². The molecule has 0 fully saturated rings. The van der Waals surface area contributed by atoms with Gasteiger partial charge in [0.1, 0.15) is 6.54 Å². The lowest BCUT2D eigenvalue weighted by Gasteiger charge is -2.14. The van der Waals surface area contributed by atoms with E-state index in [1.54, 1.807) is 24.3 Å². The second-order valence-electron chi connectivity index (χ2n) is 6.14. The Kier molecular flexibility index (Phi) is 5.56. The van der Waals surface area contributed by atoms with E-state index in [2.05, 4.69) is 10.3 Å². The summed E-state index contributed by atoms with van der Waals surface area (Å²) in [7, 11) is 0. The number of thioether (sulfide) groups is 1. The molecule has 1 aromatic heterocycles. The minimum absolute atomic E-state index is 0.0814. The van der Waals surface area contributed by atoms with Crippen molar-refractivity contribution in [3.05, 3.63) is 54.1 Å². The number of rotatable bonds is 6. The number of carbonyl (C=O) groups excluding carboxylic acids is 1. The zero-order chi connectivity index (χ0) is 18.7. The van der Waals surface area contributed by atoms with Crippen molar-refractivity contribution in [3.63, 3.8) is 0 Å². The summed E-state index contributed by atoms with van der Waals surface area (Å²) in [5, 5.41) is 3.02. The van der Waals surface area contributed by atoms with Crippen LogP contribution in [0.2, 0.25) is 0 Å². The lowest BCUT2D eigenvalue weighted by Crippen LogP contribution is -2.20. The van der Waals surface area contributed by atoms with Gasteiger partial charge in [-0.1, -0.05) is 44.2 Å². The minimum Gasteiger partial charge on any atom is -0.324 e. The van der Waals surface area contributed by atoms with Gasteiger partial charge in [0.05, 0.1) is 11.0 Å². The Labute approximate surface area is 154 Å². The zero-order valence-electron chi connectivity index (χ0n) is 14.4. The smallest absolute Gasteiger partial charge is 0.291 e. The third-order valence-electron chi connectivity index (χ3n) is 3.97. The average molecular weight is 375 g/mol. The van der Waals surface area contributed by atoms with Crippen molar-refractivity contribution in [1.29, 1.82) is 0 Å². The van der Waals surface area contributed by atoms with Crippen LogP contribution in [0.3, 0.4) is 0 Å². The molecule has 1 N–H and O–H groups in total. The molecule has 3 rings (SSSR count). The quantitative estimate of drug-likeness (QED) is 0.609. The number of nitrogens with one attached hydrogen (secondary N) is 1. The number of hydrogen-bond donors (Lipinski definition) is 1. The molecule has 1 heterocycles. The Hall–Kier alpha value is -2.41. The second kappa shape index (κ2) is 7.86.